The van der Waals surface area contributed by atoms with Gasteiger partial charge in [0, 0.05) is 50.4 Å². The molecule has 0 radical (unpaired) electrons. The van der Waals surface area contributed by atoms with E-state index in [1.54, 1.807) is 30.3 Å². The van der Waals surface area contributed by atoms with Crippen LogP contribution in [0.2, 0.25) is 10.0 Å². The predicted molar refractivity (Wildman–Crippen MR) is 133 cm³/mol. The molecule has 1 aromatic heterocycles. The summed E-state index contributed by atoms with van der Waals surface area (Å²) in [6, 6.07) is 17.0. The number of para-hydroxylation sites is 1. The summed E-state index contributed by atoms with van der Waals surface area (Å²) in [7, 11) is 0. The molecule has 166 valence electrons. The number of Topliss-reactive ketones (excluding diaryl/α,β-unsaturated/α-hetero) is 1. The molecule has 4 aromatic rings. The average molecular weight is 478 g/mol. The number of halogens is 2. The third kappa shape index (κ3) is 3.79. The number of allylic oxidation sites excluding steroid dienone is 1. The van der Waals surface area contributed by atoms with Crippen LogP contribution in [0.4, 0.5) is 0 Å². The molecule has 4 nitrogen and oxygen atoms in total. The van der Waals surface area contributed by atoms with Gasteiger partial charge in [-0.15, -0.1) is 0 Å². The summed E-state index contributed by atoms with van der Waals surface area (Å²) in [6.07, 6.45) is 3.87. The van der Waals surface area contributed by atoms with Gasteiger partial charge in [-0.3, -0.25) is 4.79 Å². The van der Waals surface area contributed by atoms with E-state index in [1.165, 1.54) is 0 Å². The van der Waals surface area contributed by atoms with Crippen molar-refractivity contribution in [3.05, 3.63) is 98.9 Å². The molecule has 0 N–H and O–H groups in total. The Bertz CT molecular complexity index is 1410. The van der Waals surface area contributed by atoms with E-state index in [0.29, 0.717) is 38.4 Å². The van der Waals surface area contributed by atoms with Gasteiger partial charge in [-0.25, -0.2) is 0 Å². The average Bonchev–Trinajstić information content (AvgIpc) is 3.33. The summed E-state index contributed by atoms with van der Waals surface area (Å²) in [5.74, 6) is 1.30. The standard InChI is InChI=1S/C27H21Cl2NO3/c1-3-30-14-17(18-7-4-5-10-23(18)30)13-25-26(31)19-11-12-24(16(2)27(19)33-25)32-15-20-21(28)8-6-9-22(20)29/h4-14H,3,15H2,1-2H3/b25-13+. The van der Waals surface area contributed by atoms with Gasteiger partial charge in [0.05, 0.1) is 5.56 Å². The Morgan fingerprint density at radius 1 is 1.03 bits per heavy atom. The van der Waals surface area contributed by atoms with Crippen molar-refractivity contribution in [2.75, 3.05) is 0 Å². The molecule has 33 heavy (non-hydrogen) atoms. The fourth-order valence-corrected chi connectivity index (χ4v) is 4.64. The SMILES string of the molecule is CCn1cc(/C=C2/Oc3c(ccc(OCc4c(Cl)cccc4Cl)c3C)C2=O)c2ccccc21. The number of carbonyl (C=O) groups excluding carboxylic acids is 1. The van der Waals surface area contributed by atoms with Crippen LogP contribution in [-0.2, 0) is 13.2 Å². The van der Waals surface area contributed by atoms with Gasteiger partial charge in [-0.2, -0.15) is 0 Å². The number of aromatic nitrogens is 1. The summed E-state index contributed by atoms with van der Waals surface area (Å²) in [5, 5.41) is 2.17. The Kier molecular flexibility index (Phi) is 5.65. The summed E-state index contributed by atoms with van der Waals surface area (Å²) >= 11 is 12.5. The highest BCUT2D eigenvalue weighted by Crippen LogP contribution is 2.40. The number of nitrogens with zero attached hydrogens (tertiary/aromatic N) is 1. The molecule has 0 atom stereocenters. The van der Waals surface area contributed by atoms with Gasteiger partial charge in [0.2, 0.25) is 5.78 Å². The number of ether oxygens (including phenoxy) is 2. The predicted octanol–water partition coefficient (Wildman–Crippen LogP) is 7.47. The van der Waals surface area contributed by atoms with Crippen LogP contribution in [0.25, 0.3) is 17.0 Å². The molecular formula is C27H21Cl2NO3. The molecule has 6 heteroatoms. The van der Waals surface area contributed by atoms with Crippen LogP contribution in [0, 0.1) is 6.92 Å². The van der Waals surface area contributed by atoms with E-state index in [-0.39, 0.29) is 12.4 Å². The number of fused-ring (bicyclic) bond motifs is 2. The van der Waals surface area contributed by atoms with Gasteiger partial charge in [0.1, 0.15) is 18.1 Å². The number of aryl methyl sites for hydroxylation is 1. The van der Waals surface area contributed by atoms with Crippen molar-refractivity contribution in [3.8, 4) is 11.5 Å². The summed E-state index contributed by atoms with van der Waals surface area (Å²) in [6.45, 7) is 5.03. The van der Waals surface area contributed by atoms with Crippen LogP contribution in [-0.4, -0.2) is 10.4 Å². The molecular weight excluding hydrogens is 457 g/mol. The Labute approximate surface area is 202 Å². The normalized spacial score (nSPS) is 14.1. The minimum Gasteiger partial charge on any atom is -0.488 e. The molecule has 0 bridgehead atoms. The lowest BCUT2D eigenvalue weighted by molar-refractivity contribution is 0.101. The zero-order chi connectivity index (χ0) is 23.1. The molecule has 0 saturated carbocycles. The number of ketones is 1. The molecule has 0 unspecified atom stereocenters. The maximum absolute atomic E-state index is 13.1. The van der Waals surface area contributed by atoms with Crippen LogP contribution in [0.3, 0.4) is 0 Å². The fraction of sp³-hybridized carbons (Fsp3) is 0.148. The van der Waals surface area contributed by atoms with Gasteiger partial charge in [-0.1, -0.05) is 47.5 Å². The second-order valence-electron chi connectivity index (χ2n) is 7.88. The Balaban J connectivity index is 1.45. The van der Waals surface area contributed by atoms with Crippen molar-refractivity contribution in [3.63, 3.8) is 0 Å². The van der Waals surface area contributed by atoms with E-state index in [2.05, 4.69) is 23.6 Å². The fourth-order valence-electron chi connectivity index (χ4n) is 4.14. The molecule has 0 amide bonds. The number of hydrogen-bond donors (Lipinski definition) is 0. The van der Waals surface area contributed by atoms with Crippen LogP contribution in [0.15, 0.2) is 66.6 Å². The molecule has 1 aliphatic rings. The molecule has 5 rings (SSSR count). The van der Waals surface area contributed by atoms with Crippen molar-refractivity contribution in [2.45, 2.75) is 27.0 Å². The lowest BCUT2D eigenvalue weighted by atomic mass is 10.1. The second kappa shape index (κ2) is 8.62. The van der Waals surface area contributed by atoms with E-state index < -0.39 is 0 Å². The van der Waals surface area contributed by atoms with E-state index in [9.17, 15) is 4.79 Å². The molecule has 1 aliphatic heterocycles. The van der Waals surface area contributed by atoms with Gasteiger partial charge in [0.15, 0.2) is 5.76 Å². The Hall–Kier alpha value is -3.21. The third-order valence-electron chi connectivity index (χ3n) is 5.92. The highest BCUT2D eigenvalue weighted by molar-refractivity contribution is 6.35. The van der Waals surface area contributed by atoms with Crippen molar-refractivity contribution < 1.29 is 14.3 Å². The smallest absolute Gasteiger partial charge is 0.231 e. The first-order valence-corrected chi connectivity index (χ1v) is 11.4. The first-order chi connectivity index (χ1) is 16.0. The summed E-state index contributed by atoms with van der Waals surface area (Å²) in [4.78, 5) is 13.1. The minimum absolute atomic E-state index is 0.137. The third-order valence-corrected chi connectivity index (χ3v) is 6.63. The van der Waals surface area contributed by atoms with Crippen molar-refractivity contribution in [1.82, 2.24) is 4.57 Å². The Morgan fingerprint density at radius 3 is 2.55 bits per heavy atom. The largest absolute Gasteiger partial charge is 0.488 e. The van der Waals surface area contributed by atoms with Crippen LogP contribution >= 0.6 is 23.2 Å². The molecule has 0 fully saturated rings. The lowest BCUT2D eigenvalue weighted by Crippen LogP contribution is -2.00. The van der Waals surface area contributed by atoms with Gasteiger partial charge in [0.25, 0.3) is 0 Å². The monoisotopic (exact) mass is 477 g/mol. The number of rotatable bonds is 5. The zero-order valence-electron chi connectivity index (χ0n) is 18.2. The maximum atomic E-state index is 13.1. The maximum Gasteiger partial charge on any atom is 0.231 e. The van der Waals surface area contributed by atoms with Crippen LogP contribution < -0.4 is 9.47 Å². The number of carbonyl (C=O) groups is 1. The molecule has 0 saturated heterocycles. The zero-order valence-corrected chi connectivity index (χ0v) is 19.7. The topological polar surface area (TPSA) is 40.5 Å². The van der Waals surface area contributed by atoms with Crippen molar-refractivity contribution in [2.24, 2.45) is 0 Å². The van der Waals surface area contributed by atoms with Crippen LogP contribution in [0.1, 0.15) is 34.0 Å². The number of benzene rings is 3. The first-order valence-electron chi connectivity index (χ1n) is 10.7. The minimum atomic E-state index is -0.137. The van der Waals surface area contributed by atoms with Gasteiger partial charge >= 0.3 is 0 Å². The van der Waals surface area contributed by atoms with Crippen LogP contribution in [0.5, 0.6) is 11.5 Å². The van der Waals surface area contributed by atoms with Gasteiger partial charge in [-0.05, 0) is 50.3 Å². The van der Waals surface area contributed by atoms with Crippen molar-refractivity contribution >= 4 is 46.0 Å². The van der Waals surface area contributed by atoms with E-state index in [1.807, 2.05) is 31.3 Å². The molecule has 2 heterocycles. The second-order valence-corrected chi connectivity index (χ2v) is 8.70. The number of hydrogen-bond acceptors (Lipinski definition) is 3. The molecule has 0 aliphatic carbocycles. The van der Waals surface area contributed by atoms with E-state index in [4.69, 9.17) is 32.7 Å². The summed E-state index contributed by atoms with van der Waals surface area (Å²) in [5.41, 5.74) is 4.07. The molecule has 0 spiro atoms. The lowest BCUT2D eigenvalue weighted by Gasteiger charge is -2.13. The van der Waals surface area contributed by atoms with E-state index in [0.717, 1.165) is 28.6 Å². The van der Waals surface area contributed by atoms with E-state index >= 15 is 0 Å². The Morgan fingerprint density at radius 2 is 1.79 bits per heavy atom. The quantitative estimate of drug-likeness (QED) is 0.280. The highest BCUT2D eigenvalue weighted by atomic mass is 35.5. The summed E-state index contributed by atoms with van der Waals surface area (Å²) < 4.78 is 14.2. The highest BCUT2D eigenvalue weighted by Gasteiger charge is 2.30. The molecule has 3 aromatic carbocycles. The van der Waals surface area contributed by atoms with Crippen molar-refractivity contribution in [1.29, 1.82) is 0 Å². The first kappa shape index (κ1) is 21.6. The van der Waals surface area contributed by atoms with Gasteiger partial charge < -0.3 is 14.0 Å².